The van der Waals surface area contributed by atoms with Gasteiger partial charge < -0.3 is 15.2 Å². The van der Waals surface area contributed by atoms with Crippen LogP contribution >= 0.6 is 0 Å². The predicted octanol–water partition coefficient (Wildman–Crippen LogP) is -0.644. The Morgan fingerprint density at radius 3 is 2.67 bits per heavy atom. The van der Waals surface area contributed by atoms with E-state index in [1.54, 1.807) is 6.92 Å². The van der Waals surface area contributed by atoms with Gasteiger partial charge in [-0.15, -0.1) is 0 Å². The van der Waals surface area contributed by atoms with Gasteiger partial charge in [0.25, 0.3) is 0 Å². The predicted molar refractivity (Wildman–Crippen MR) is 34.3 cm³/mol. The molecule has 1 rings (SSSR count). The minimum atomic E-state index is -0.672. The van der Waals surface area contributed by atoms with Gasteiger partial charge in [0.2, 0.25) is 0 Å². The maximum atomic E-state index is 9.47. The van der Waals surface area contributed by atoms with Crippen LogP contribution in [0.3, 0.4) is 0 Å². The van der Waals surface area contributed by atoms with Crippen molar-refractivity contribution < 1.29 is 9.84 Å². The van der Waals surface area contributed by atoms with Crippen LogP contribution in [0.15, 0.2) is 0 Å². The molecule has 1 aliphatic rings. The number of hydrogen-bond donors (Lipinski definition) is 2. The number of hydrogen-bond acceptors (Lipinski definition) is 3. The first-order valence-electron chi connectivity index (χ1n) is 3.14. The molecule has 1 saturated heterocycles. The molecule has 54 valence electrons. The van der Waals surface area contributed by atoms with Gasteiger partial charge in [-0.05, 0) is 14.0 Å². The molecule has 1 aliphatic heterocycles. The third-order valence-electron chi connectivity index (χ3n) is 1.78. The lowest BCUT2D eigenvalue weighted by atomic mass is 10.0. The lowest BCUT2D eigenvalue weighted by molar-refractivity contribution is 0.0310. The maximum Gasteiger partial charge on any atom is 0.103 e. The molecule has 0 aromatic rings. The summed E-state index contributed by atoms with van der Waals surface area (Å²) in [5.41, 5.74) is -0.672. The second kappa shape index (κ2) is 2.25. The summed E-state index contributed by atoms with van der Waals surface area (Å²) in [5, 5.41) is 12.4. The molecule has 0 aromatic carbocycles. The molecule has 0 unspecified atom stereocenters. The Morgan fingerprint density at radius 2 is 2.44 bits per heavy atom. The van der Waals surface area contributed by atoms with Gasteiger partial charge in [-0.1, -0.05) is 0 Å². The molecule has 9 heavy (non-hydrogen) atoms. The van der Waals surface area contributed by atoms with Crippen LogP contribution in [0.2, 0.25) is 0 Å². The summed E-state index contributed by atoms with van der Waals surface area (Å²) in [6.45, 7) is 2.84. The quantitative estimate of drug-likeness (QED) is 0.497. The van der Waals surface area contributed by atoms with Crippen molar-refractivity contribution in [2.45, 2.75) is 18.6 Å². The first-order valence-corrected chi connectivity index (χ1v) is 3.14. The highest BCUT2D eigenvalue weighted by Crippen LogP contribution is 2.16. The summed E-state index contributed by atoms with van der Waals surface area (Å²) in [6, 6.07) is 0.0949. The van der Waals surface area contributed by atoms with Crippen LogP contribution in [0.25, 0.3) is 0 Å². The van der Waals surface area contributed by atoms with Crippen molar-refractivity contribution >= 4 is 0 Å². The van der Waals surface area contributed by atoms with Gasteiger partial charge in [0.15, 0.2) is 0 Å². The average Bonchev–Trinajstić information content (AvgIpc) is 2.08. The molecule has 0 radical (unpaired) electrons. The Morgan fingerprint density at radius 1 is 1.78 bits per heavy atom. The van der Waals surface area contributed by atoms with E-state index in [1.807, 2.05) is 7.05 Å². The zero-order chi connectivity index (χ0) is 6.91. The second-order valence-electron chi connectivity index (χ2n) is 2.71. The van der Waals surface area contributed by atoms with Crippen molar-refractivity contribution in [3.63, 3.8) is 0 Å². The Kier molecular flexibility index (Phi) is 1.75. The Labute approximate surface area is 55.0 Å². The van der Waals surface area contributed by atoms with E-state index in [4.69, 9.17) is 4.74 Å². The molecule has 0 bridgehead atoms. The van der Waals surface area contributed by atoms with Crippen LogP contribution in [0, 0.1) is 0 Å². The molecule has 0 saturated carbocycles. The van der Waals surface area contributed by atoms with Crippen molar-refractivity contribution in [1.29, 1.82) is 0 Å². The van der Waals surface area contributed by atoms with Crippen LogP contribution in [-0.2, 0) is 4.74 Å². The molecule has 0 spiro atoms. The number of ether oxygens (including phenoxy) is 1. The minimum absolute atomic E-state index is 0.0949. The van der Waals surface area contributed by atoms with Gasteiger partial charge in [-0.2, -0.15) is 0 Å². The normalized spacial score (nSPS) is 43.7. The Balaban J connectivity index is 2.52. The average molecular weight is 131 g/mol. The molecule has 1 heterocycles. The molecule has 2 N–H and O–H groups in total. The SMILES string of the molecule is CN[C@H]1COC[C@@]1(C)O. The maximum absolute atomic E-state index is 9.47. The highest BCUT2D eigenvalue weighted by atomic mass is 16.5. The lowest BCUT2D eigenvalue weighted by Gasteiger charge is -2.21. The number of rotatable bonds is 1. The van der Waals surface area contributed by atoms with E-state index in [9.17, 15) is 5.11 Å². The van der Waals surface area contributed by atoms with E-state index in [2.05, 4.69) is 5.32 Å². The third-order valence-corrected chi connectivity index (χ3v) is 1.78. The molecule has 3 heteroatoms. The van der Waals surface area contributed by atoms with E-state index in [-0.39, 0.29) is 6.04 Å². The molecule has 1 fully saturated rings. The van der Waals surface area contributed by atoms with E-state index in [1.165, 1.54) is 0 Å². The third kappa shape index (κ3) is 1.23. The summed E-state index contributed by atoms with van der Waals surface area (Å²) < 4.78 is 5.05. The van der Waals surface area contributed by atoms with E-state index >= 15 is 0 Å². The smallest absolute Gasteiger partial charge is 0.103 e. The summed E-state index contributed by atoms with van der Waals surface area (Å²) in [4.78, 5) is 0. The van der Waals surface area contributed by atoms with E-state index in [0.29, 0.717) is 13.2 Å². The monoisotopic (exact) mass is 131 g/mol. The largest absolute Gasteiger partial charge is 0.386 e. The van der Waals surface area contributed by atoms with Crippen LogP contribution < -0.4 is 5.32 Å². The van der Waals surface area contributed by atoms with Gasteiger partial charge in [-0.25, -0.2) is 0 Å². The highest BCUT2D eigenvalue weighted by Gasteiger charge is 2.36. The zero-order valence-corrected chi connectivity index (χ0v) is 5.85. The summed E-state index contributed by atoms with van der Waals surface area (Å²) in [6.07, 6.45) is 0. The second-order valence-corrected chi connectivity index (χ2v) is 2.71. The minimum Gasteiger partial charge on any atom is -0.386 e. The van der Waals surface area contributed by atoms with Crippen LogP contribution in [0.1, 0.15) is 6.92 Å². The topological polar surface area (TPSA) is 41.5 Å². The fourth-order valence-electron chi connectivity index (χ4n) is 1.06. The van der Waals surface area contributed by atoms with Crippen LogP contribution in [-0.4, -0.2) is 37.0 Å². The van der Waals surface area contributed by atoms with Gasteiger partial charge >= 0.3 is 0 Å². The van der Waals surface area contributed by atoms with Gasteiger partial charge in [-0.3, -0.25) is 0 Å². The summed E-state index contributed by atoms with van der Waals surface area (Å²) in [5.74, 6) is 0. The Bertz CT molecular complexity index is 103. The van der Waals surface area contributed by atoms with E-state index in [0.717, 1.165) is 0 Å². The van der Waals surface area contributed by atoms with Crippen molar-refractivity contribution in [2.24, 2.45) is 0 Å². The molecule has 0 aromatic heterocycles. The molecular weight excluding hydrogens is 118 g/mol. The highest BCUT2D eigenvalue weighted by molar-refractivity contribution is 4.91. The van der Waals surface area contributed by atoms with Gasteiger partial charge in [0.1, 0.15) is 5.60 Å². The fourth-order valence-corrected chi connectivity index (χ4v) is 1.06. The Hall–Kier alpha value is -0.120. The molecule has 0 amide bonds. The van der Waals surface area contributed by atoms with Crippen molar-refractivity contribution in [1.82, 2.24) is 5.32 Å². The number of nitrogens with one attached hydrogen (secondary N) is 1. The number of likely N-dealkylation sites (N-methyl/N-ethyl adjacent to an activating group) is 1. The molecule has 2 atom stereocenters. The van der Waals surface area contributed by atoms with Crippen molar-refractivity contribution in [3.8, 4) is 0 Å². The molecule has 3 nitrogen and oxygen atoms in total. The van der Waals surface area contributed by atoms with Crippen molar-refractivity contribution in [3.05, 3.63) is 0 Å². The lowest BCUT2D eigenvalue weighted by Crippen LogP contribution is -2.46. The molecule has 0 aliphatic carbocycles. The molecular formula is C6H13NO2. The van der Waals surface area contributed by atoms with Gasteiger partial charge in [0.05, 0.1) is 19.3 Å². The first-order chi connectivity index (χ1) is 4.17. The number of aliphatic hydroxyl groups is 1. The van der Waals surface area contributed by atoms with Crippen LogP contribution in [0.4, 0.5) is 0 Å². The van der Waals surface area contributed by atoms with Gasteiger partial charge in [0, 0.05) is 0 Å². The van der Waals surface area contributed by atoms with E-state index < -0.39 is 5.60 Å². The standard InChI is InChI=1S/C6H13NO2/c1-6(8)4-9-3-5(6)7-2/h5,7-8H,3-4H2,1-2H3/t5-,6+/m0/s1. The summed E-state index contributed by atoms with van der Waals surface area (Å²) >= 11 is 0. The van der Waals surface area contributed by atoms with Crippen molar-refractivity contribution in [2.75, 3.05) is 20.3 Å². The van der Waals surface area contributed by atoms with Crippen LogP contribution in [0.5, 0.6) is 0 Å². The fraction of sp³-hybridized carbons (Fsp3) is 1.00. The zero-order valence-electron chi connectivity index (χ0n) is 5.85. The first kappa shape index (κ1) is 6.99. The summed E-state index contributed by atoms with van der Waals surface area (Å²) in [7, 11) is 1.83.